The second-order valence-corrected chi connectivity index (χ2v) is 7.82. The third kappa shape index (κ3) is 5.47. The minimum atomic E-state index is -3.20. The topological polar surface area (TPSA) is 89.3 Å². The molecule has 0 radical (unpaired) electrons. The first-order chi connectivity index (χ1) is 9.61. The summed E-state index contributed by atoms with van der Waals surface area (Å²) in [5.41, 5.74) is 6.67. The van der Waals surface area contributed by atoms with E-state index in [9.17, 15) is 13.2 Å². The van der Waals surface area contributed by atoms with Crippen LogP contribution in [0.25, 0.3) is 0 Å². The molecule has 1 amide bonds. The zero-order valence-corrected chi connectivity index (χ0v) is 13.8. The second kappa shape index (κ2) is 7.04. The van der Waals surface area contributed by atoms with E-state index in [4.69, 9.17) is 5.73 Å². The van der Waals surface area contributed by atoms with E-state index >= 15 is 0 Å². The molecule has 1 aromatic carbocycles. The molecule has 0 aliphatic rings. The quantitative estimate of drug-likeness (QED) is 0.835. The lowest BCUT2D eigenvalue weighted by Gasteiger charge is -2.19. The molecule has 0 aliphatic carbocycles. The number of hydrogen-bond acceptors (Lipinski definition) is 4. The Hall–Kier alpha value is -1.40. The first kappa shape index (κ1) is 17.7. The summed E-state index contributed by atoms with van der Waals surface area (Å²) < 4.78 is 22.8. The molecule has 0 fully saturated rings. The van der Waals surface area contributed by atoms with E-state index in [0.29, 0.717) is 12.3 Å². The van der Waals surface area contributed by atoms with E-state index in [0.717, 1.165) is 11.8 Å². The standard InChI is InChI=1S/C15H24N2O3S/c1-10(2)9-14(16)15(18)17-11(3)12-5-7-13(8-6-12)21(4,19)20/h5-8,10-11,14H,9,16H2,1-4H3,(H,17,18)/t11?,14-/m0/s1. The second-order valence-electron chi connectivity index (χ2n) is 5.81. The minimum absolute atomic E-state index is 0.191. The maximum atomic E-state index is 12.0. The number of hydrogen-bond donors (Lipinski definition) is 2. The molecule has 0 saturated carbocycles. The predicted octanol–water partition coefficient (Wildman–Crippen LogP) is 1.64. The van der Waals surface area contributed by atoms with Gasteiger partial charge in [-0.1, -0.05) is 26.0 Å². The fourth-order valence-corrected chi connectivity index (χ4v) is 2.65. The lowest BCUT2D eigenvalue weighted by atomic mass is 10.0. The summed E-state index contributed by atoms with van der Waals surface area (Å²) in [6.45, 7) is 5.87. The van der Waals surface area contributed by atoms with E-state index in [-0.39, 0.29) is 16.8 Å². The van der Waals surface area contributed by atoms with Gasteiger partial charge in [0, 0.05) is 6.26 Å². The van der Waals surface area contributed by atoms with Gasteiger partial charge < -0.3 is 11.1 Å². The number of carbonyl (C=O) groups excluding carboxylic acids is 1. The fourth-order valence-electron chi connectivity index (χ4n) is 2.02. The lowest BCUT2D eigenvalue weighted by molar-refractivity contribution is -0.123. The van der Waals surface area contributed by atoms with Crippen molar-refractivity contribution >= 4 is 15.7 Å². The molecule has 1 unspecified atom stereocenters. The van der Waals surface area contributed by atoms with Gasteiger partial charge in [0.15, 0.2) is 9.84 Å². The van der Waals surface area contributed by atoms with Gasteiger partial charge in [0.25, 0.3) is 0 Å². The number of nitrogens with one attached hydrogen (secondary N) is 1. The smallest absolute Gasteiger partial charge is 0.237 e. The van der Waals surface area contributed by atoms with Gasteiger partial charge in [0.1, 0.15) is 0 Å². The largest absolute Gasteiger partial charge is 0.348 e. The number of carbonyl (C=O) groups is 1. The van der Waals surface area contributed by atoms with Crippen molar-refractivity contribution in [2.75, 3.05) is 6.26 Å². The Kier molecular flexibility index (Phi) is 5.92. The third-order valence-corrected chi connectivity index (χ3v) is 4.36. The SMILES string of the molecule is CC(C)C[C@H](N)C(=O)NC(C)c1ccc(S(C)(=O)=O)cc1. The van der Waals surface area contributed by atoms with Gasteiger partial charge in [-0.2, -0.15) is 0 Å². The number of amides is 1. The summed E-state index contributed by atoms with van der Waals surface area (Å²) >= 11 is 0. The number of benzene rings is 1. The summed E-state index contributed by atoms with van der Waals surface area (Å²) in [6.07, 6.45) is 1.80. The number of nitrogens with two attached hydrogens (primary N) is 1. The molecule has 0 saturated heterocycles. The van der Waals surface area contributed by atoms with Crippen molar-refractivity contribution in [1.82, 2.24) is 5.32 Å². The van der Waals surface area contributed by atoms with Crippen molar-refractivity contribution in [3.8, 4) is 0 Å². The monoisotopic (exact) mass is 312 g/mol. The molecular weight excluding hydrogens is 288 g/mol. The van der Waals surface area contributed by atoms with E-state index in [1.165, 1.54) is 0 Å². The maximum Gasteiger partial charge on any atom is 0.237 e. The summed E-state index contributed by atoms with van der Waals surface area (Å²) in [7, 11) is -3.20. The van der Waals surface area contributed by atoms with E-state index in [1.54, 1.807) is 24.3 Å². The lowest BCUT2D eigenvalue weighted by Crippen LogP contribution is -2.42. The van der Waals surface area contributed by atoms with Crippen LogP contribution in [0.2, 0.25) is 0 Å². The van der Waals surface area contributed by atoms with Crippen LogP contribution in [0.5, 0.6) is 0 Å². The molecule has 2 atom stereocenters. The molecule has 0 aliphatic heterocycles. The van der Waals surface area contributed by atoms with Gasteiger partial charge in [0.2, 0.25) is 5.91 Å². The molecule has 3 N–H and O–H groups in total. The van der Waals surface area contributed by atoms with Crippen molar-refractivity contribution in [3.05, 3.63) is 29.8 Å². The molecule has 0 spiro atoms. The third-order valence-electron chi connectivity index (χ3n) is 3.23. The van der Waals surface area contributed by atoms with Crippen molar-refractivity contribution < 1.29 is 13.2 Å². The van der Waals surface area contributed by atoms with Gasteiger partial charge in [-0.15, -0.1) is 0 Å². The molecule has 5 nitrogen and oxygen atoms in total. The van der Waals surface area contributed by atoms with Gasteiger partial charge >= 0.3 is 0 Å². The minimum Gasteiger partial charge on any atom is -0.348 e. The van der Waals surface area contributed by atoms with Crippen molar-refractivity contribution in [1.29, 1.82) is 0 Å². The average Bonchev–Trinajstić information content (AvgIpc) is 2.36. The average molecular weight is 312 g/mol. The Morgan fingerprint density at radius 3 is 2.14 bits per heavy atom. The highest BCUT2D eigenvalue weighted by Gasteiger charge is 2.18. The zero-order chi connectivity index (χ0) is 16.2. The summed E-state index contributed by atoms with van der Waals surface area (Å²) in [4.78, 5) is 12.2. The van der Waals surface area contributed by atoms with Crippen LogP contribution in [0, 0.1) is 5.92 Å². The van der Waals surface area contributed by atoms with Crippen LogP contribution in [-0.4, -0.2) is 26.6 Å². The number of sulfone groups is 1. The fraction of sp³-hybridized carbons (Fsp3) is 0.533. The molecule has 1 aromatic rings. The maximum absolute atomic E-state index is 12.0. The molecule has 118 valence electrons. The van der Waals surface area contributed by atoms with Crippen LogP contribution in [0.4, 0.5) is 0 Å². The molecule has 0 aromatic heterocycles. The van der Waals surface area contributed by atoms with Crippen LogP contribution < -0.4 is 11.1 Å². The molecule has 0 heterocycles. The zero-order valence-electron chi connectivity index (χ0n) is 13.0. The molecule has 6 heteroatoms. The summed E-state index contributed by atoms with van der Waals surface area (Å²) in [5.74, 6) is 0.165. The summed E-state index contributed by atoms with van der Waals surface area (Å²) in [6, 6.07) is 5.75. The van der Waals surface area contributed by atoms with Crippen molar-refractivity contribution in [2.45, 2.75) is 44.2 Å². The van der Waals surface area contributed by atoms with Crippen molar-refractivity contribution in [3.63, 3.8) is 0 Å². The summed E-state index contributed by atoms with van der Waals surface area (Å²) in [5, 5.41) is 2.85. The van der Waals surface area contributed by atoms with E-state index in [1.807, 2.05) is 20.8 Å². The first-order valence-corrected chi connectivity index (χ1v) is 8.86. The van der Waals surface area contributed by atoms with Crippen molar-refractivity contribution in [2.24, 2.45) is 11.7 Å². The van der Waals surface area contributed by atoms with Crippen LogP contribution >= 0.6 is 0 Å². The van der Waals surface area contributed by atoms with E-state index in [2.05, 4.69) is 5.32 Å². The molecule has 0 bridgehead atoms. The van der Waals surface area contributed by atoms with Crippen LogP contribution in [0.3, 0.4) is 0 Å². The number of rotatable bonds is 6. The van der Waals surface area contributed by atoms with Gasteiger partial charge in [0.05, 0.1) is 17.0 Å². The highest BCUT2D eigenvalue weighted by Crippen LogP contribution is 2.16. The van der Waals surface area contributed by atoms with Crippen LogP contribution in [-0.2, 0) is 14.6 Å². The van der Waals surface area contributed by atoms with Gasteiger partial charge in [-0.25, -0.2) is 8.42 Å². The Morgan fingerprint density at radius 2 is 1.71 bits per heavy atom. The van der Waals surface area contributed by atoms with E-state index < -0.39 is 15.9 Å². The Labute approximate surface area is 126 Å². The Morgan fingerprint density at radius 1 is 1.19 bits per heavy atom. The Bertz CT molecular complexity index is 579. The first-order valence-electron chi connectivity index (χ1n) is 6.97. The highest BCUT2D eigenvalue weighted by molar-refractivity contribution is 7.90. The molecular formula is C15H24N2O3S. The highest BCUT2D eigenvalue weighted by atomic mass is 32.2. The normalized spacial score (nSPS) is 14.8. The van der Waals surface area contributed by atoms with Crippen LogP contribution in [0.1, 0.15) is 38.8 Å². The Balaban J connectivity index is 2.72. The molecule has 21 heavy (non-hydrogen) atoms. The van der Waals surface area contributed by atoms with Gasteiger partial charge in [-0.3, -0.25) is 4.79 Å². The van der Waals surface area contributed by atoms with Gasteiger partial charge in [-0.05, 0) is 37.0 Å². The molecule has 1 rings (SSSR count). The van der Waals surface area contributed by atoms with Crippen LogP contribution in [0.15, 0.2) is 29.2 Å². The predicted molar refractivity (Wildman–Crippen MR) is 83.5 cm³/mol.